The largest absolute Gasteiger partial charge is 0.506 e. The lowest BCUT2D eigenvalue weighted by molar-refractivity contribution is -0.138. The van der Waals surface area contributed by atoms with E-state index in [2.05, 4.69) is 0 Å². The molecule has 5 nitrogen and oxygen atoms in total. The number of ether oxygens (including phenoxy) is 1. The Morgan fingerprint density at radius 2 is 2.13 bits per heavy atom. The molecule has 0 spiro atoms. The molecule has 0 fully saturated rings. The molecule has 4 N–H and O–H groups in total. The third-order valence-electron chi connectivity index (χ3n) is 2.23. The minimum Gasteiger partial charge on any atom is -0.506 e. The average Bonchev–Trinajstić information content (AvgIpc) is 2.20. The first kappa shape index (κ1) is 11.2. The molecule has 1 aromatic rings. The summed E-state index contributed by atoms with van der Waals surface area (Å²) in [7, 11) is 1.40. The Kier molecular flexibility index (Phi) is 3.04. The number of methoxy groups -OCH3 is 1. The van der Waals surface area contributed by atoms with Crippen LogP contribution in [0.25, 0.3) is 0 Å². The van der Waals surface area contributed by atoms with Gasteiger partial charge in [-0.25, -0.2) is 0 Å². The van der Waals surface area contributed by atoms with Crippen LogP contribution in [0.1, 0.15) is 18.4 Å². The zero-order chi connectivity index (χ0) is 11.6. The van der Waals surface area contributed by atoms with Crippen molar-refractivity contribution in [2.45, 2.75) is 12.8 Å². The molecule has 82 valence electrons. The number of nitrogens with two attached hydrogens (primary N) is 1. The van der Waals surface area contributed by atoms with Crippen LogP contribution in [0.2, 0.25) is 0 Å². The molecular weight excluding hydrogens is 198 g/mol. The van der Waals surface area contributed by atoms with Crippen LogP contribution in [0.3, 0.4) is 0 Å². The van der Waals surface area contributed by atoms with Gasteiger partial charge in [0, 0.05) is 0 Å². The minimum absolute atomic E-state index is 0.110. The molecular formula is C10H13NO4. The molecule has 1 atom stereocenters. The molecule has 0 amide bonds. The van der Waals surface area contributed by atoms with Gasteiger partial charge < -0.3 is 20.7 Å². The van der Waals surface area contributed by atoms with Gasteiger partial charge in [-0.1, -0.05) is 0 Å². The third-order valence-corrected chi connectivity index (χ3v) is 2.23. The summed E-state index contributed by atoms with van der Waals surface area (Å²) in [5, 5.41) is 18.3. The van der Waals surface area contributed by atoms with Crippen molar-refractivity contribution in [1.29, 1.82) is 0 Å². The number of phenolic OH excluding ortho intramolecular Hbond substituents is 1. The molecule has 0 saturated heterocycles. The van der Waals surface area contributed by atoms with Crippen molar-refractivity contribution in [2.24, 2.45) is 0 Å². The zero-order valence-corrected chi connectivity index (χ0v) is 8.52. The fraction of sp³-hybridized carbons (Fsp3) is 0.300. The normalized spacial score (nSPS) is 12.1. The molecule has 1 unspecified atom stereocenters. The zero-order valence-electron chi connectivity index (χ0n) is 8.52. The second-order valence-corrected chi connectivity index (χ2v) is 3.22. The van der Waals surface area contributed by atoms with E-state index in [1.807, 2.05) is 0 Å². The van der Waals surface area contributed by atoms with Crippen LogP contribution in [0.15, 0.2) is 12.1 Å². The topological polar surface area (TPSA) is 92.8 Å². The van der Waals surface area contributed by atoms with Gasteiger partial charge in [0.25, 0.3) is 0 Å². The monoisotopic (exact) mass is 211 g/mol. The summed E-state index contributed by atoms with van der Waals surface area (Å²) in [6, 6.07) is 2.84. The van der Waals surface area contributed by atoms with Crippen molar-refractivity contribution >= 4 is 11.7 Å². The highest BCUT2D eigenvalue weighted by Gasteiger charge is 2.17. The van der Waals surface area contributed by atoms with Crippen molar-refractivity contribution in [2.75, 3.05) is 12.8 Å². The van der Waals surface area contributed by atoms with Crippen molar-refractivity contribution in [3.63, 3.8) is 0 Å². The number of hydrogen-bond donors (Lipinski definition) is 3. The first-order valence-electron chi connectivity index (χ1n) is 4.36. The Labute approximate surface area is 87.1 Å². The van der Waals surface area contributed by atoms with Gasteiger partial charge in [0.15, 0.2) is 0 Å². The molecule has 0 radical (unpaired) electrons. The fourth-order valence-corrected chi connectivity index (χ4v) is 1.19. The summed E-state index contributed by atoms with van der Waals surface area (Å²) < 4.78 is 4.92. The first-order chi connectivity index (χ1) is 6.97. The molecule has 0 aliphatic rings. The van der Waals surface area contributed by atoms with E-state index < -0.39 is 11.9 Å². The van der Waals surface area contributed by atoms with E-state index in [0.717, 1.165) is 0 Å². The average molecular weight is 211 g/mol. The van der Waals surface area contributed by atoms with Gasteiger partial charge in [0.2, 0.25) is 0 Å². The Balaban J connectivity index is 3.22. The van der Waals surface area contributed by atoms with E-state index >= 15 is 0 Å². The van der Waals surface area contributed by atoms with Crippen LogP contribution < -0.4 is 10.5 Å². The molecule has 0 heterocycles. The lowest BCUT2D eigenvalue weighted by Gasteiger charge is -2.12. The predicted molar refractivity (Wildman–Crippen MR) is 55.1 cm³/mol. The van der Waals surface area contributed by atoms with Crippen molar-refractivity contribution in [1.82, 2.24) is 0 Å². The first-order valence-corrected chi connectivity index (χ1v) is 4.36. The highest BCUT2D eigenvalue weighted by Crippen LogP contribution is 2.34. The number of carboxylic acids is 1. The molecule has 0 saturated carbocycles. The number of phenols is 1. The number of aromatic hydroxyl groups is 1. The maximum Gasteiger partial charge on any atom is 0.310 e. The summed E-state index contributed by atoms with van der Waals surface area (Å²) in [5.41, 5.74) is 6.08. The number of aliphatic carboxylic acids is 1. The third kappa shape index (κ3) is 2.12. The summed E-state index contributed by atoms with van der Waals surface area (Å²) in [6.07, 6.45) is 0. The van der Waals surface area contributed by atoms with E-state index in [4.69, 9.17) is 15.6 Å². The van der Waals surface area contributed by atoms with Gasteiger partial charge in [0.05, 0.1) is 13.0 Å². The molecule has 15 heavy (non-hydrogen) atoms. The van der Waals surface area contributed by atoms with Crippen LogP contribution in [-0.4, -0.2) is 23.3 Å². The Morgan fingerprint density at radius 1 is 1.53 bits per heavy atom. The number of benzene rings is 1. The summed E-state index contributed by atoms with van der Waals surface area (Å²) in [4.78, 5) is 10.7. The van der Waals surface area contributed by atoms with Gasteiger partial charge in [0.1, 0.15) is 17.2 Å². The van der Waals surface area contributed by atoms with E-state index in [1.54, 1.807) is 0 Å². The van der Waals surface area contributed by atoms with Crippen LogP contribution in [0.4, 0.5) is 5.69 Å². The van der Waals surface area contributed by atoms with Crippen LogP contribution >= 0.6 is 0 Å². The van der Waals surface area contributed by atoms with E-state index in [9.17, 15) is 9.90 Å². The maximum atomic E-state index is 10.7. The molecule has 5 heteroatoms. The molecule has 0 aliphatic carbocycles. The van der Waals surface area contributed by atoms with Gasteiger partial charge in [-0.05, 0) is 24.6 Å². The van der Waals surface area contributed by atoms with Crippen LogP contribution in [0.5, 0.6) is 11.5 Å². The van der Waals surface area contributed by atoms with E-state index in [-0.39, 0.29) is 17.2 Å². The summed E-state index contributed by atoms with van der Waals surface area (Å²) in [5.74, 6) is -1.58. The highest BCUT2D eigenvalue weighted by atomic mass is 16.5. The SMILES string of the molecule is COc1cc(C(C)C(=O)O)cc(O)c1N. The van der Waals surface area contributed by atoms with Gasteiger partial charge in [-0.3, -0.25) is 4.79 Å². The number of nitrogen functional groups attached to an aromatic ring is 1. The lowest BCUT2D eigenvalue weighted by Crippen LogP contribution is -2.08. The summed E-state index contributed by atoms with van der Waals surface area (Å²) >= 11 is 0. The lowest BCUT2D eigenvalue weighted by atomic mass is 10.0. The standard InChI is InChI=1S/C10H13NO4/c1-5(10(13)14)6-3-7(12)9(11)8(4-6)15-2/h3-5,12H,11H2,1-2H3,(H,13,14). The molecule has 1 aromatic carbocycles. The maximum absolute atomic E-state index is 10.7. The molecule has 0 bridgehead atoms. The minimum atomic E-state index is -0.971. The molecule has 1 rings (SSSR count). The molecule has 0 aromatic heterocycles. The number of carboxylic acid groups (broad SMARTS) is 1. The van der Waals surface area contributed by atoms with E-state index in [1.165, 1.54) is 26.2 Å². The van der Waals surface area contributed by atoms with Gasteiger partial charge >= 0.3 is 5.97 Å². The number of rotatable bonds is 3. The second kappa shape index (κ2) is 4.08. The Morgan fingerprint density at radius 3 is 2.60 bits per heavy atom. The van der Waals surface area contributed by atoms with Crippen molar-refractivity contribution < 1.29 is 19.7 Å². The predicted octanol–water partition coefficient (Wildman–Crippen LogP) is 1.17. The van der Waals surface area contributed by atoms with Crippen molar-refractivity contribution in [3.05, 3.63) is 17.7 Å². The Hall–Kier alpha value is -1.91. The number of hydrogen-bond acceptors (Lipinski definition) is 4. The van der Waals surface area contributed by atoms with Crippen LogP contribution in [-0.2, 0) is 4.79 Å². The fourth-order valence-electron chi connectivity index (χ4n) is 1.19. The smallest absolute Gasteiger partial charge is 0.310 e. The number of anilines is 1. The summed E-state index contributed by atoms with van der Waals surface area (Å²) in [6.45, 7) is 1.52. The highest BCUT2D eigenvalue weighted by molar-refractivity contribution is 5.77. The second-order valence-electron chi connectivity index (χ2n) is 3.22. The quantitative estimate of drug-likeness (QED) is 0.515. The van der Waals surface area contributed by atoms with Gasteiger partial charge in [-0.2, -0.15) is 0 Å². The van der Waals surface area contributed by atoms with E-state index in [0.29, 0.717) is 5.56 Å². The molecule has 0 aliphatic heterocycles. The number of carbonyl (C=O) groups is 1. The van der Waals surface area contributed by atoms with Gasteiger partial charge in [-0.15, -0.1) is 0 Å². The van der Waals surface area contributed by atoms with Crippen molar-refractivity contribution in [3.8, 4) is 11.5 Å². The Bertz CT molecular complexity index is 389. The van der Waals surface area contributed by atoms with Crippen LogP contribution in [0, 0.1) is 0 Å².